The van der Waals surface area contributed by atoms with E-state index in [0.717, 1.165) is 24.9 Å². The highest BCUT2D eigenvalue weighted by Gasteiger charge is 2.32. The second kappa shape index (κ2) is 8.64. The van der Waals surface area contributed by atoms with Crippen LogP contribution in [0.3, 0.4) is 0 Å². The Bertz CT molecular complexity index is 618. The molecule has 6 nitrogen and oxygen atoms in total. The highest BCUT2D eigenvalue weighted by atomic mass is 16.5. The van der Waals surface area contributed by atoms with Crippen LogP contribution in [0, 0.1) is 0 Å². The fourth-order valence-electron chi connectivity index (χ4n) is 3.54. The zero-order valence-corrected chi connectivity index (χ0v) is 15.7. The molecule has 1 aromatic carbocycles. The minimum atomic E-state index is -0.256. The molecule has 2 aliphatic heterocycles. The Morgan fingerprint density at radius 2 is 1.88 bits per heavy atom. The van der Waals surface area contributed by atoms with Crippen molar-refractivity contribution in [1.29, 1.82) is 0 Å². The van der Waals surface area contributed by atoms with Crippen molar-refractivity contribution in [3.63, 3.8) is 0 Å². The van der Waals surface area contributed by atoms with Crippen LogP contribution >= 0.6 is 0 Å². The molecule has 2 atom stereocenters. The number of nitrogens with one attached hydrogen (secondary N) is 1. The van der Waals surface area contributed by atoms with Gasteiger partial charge in [-0.3, -0.25) is 14.5 Å². The van der Waals surface area contributed by atoms with Gasteiger partial charge in [0.25, 0.3) is 5.91 Å². The van der Waals surface area contributed by atoms with Crippen LogP contribution in [-0.4, -0.2) is 66.5 Å². The maximum absolute atomic E-state index is 12.5. The van der Waals surface area contributed by atoms with Crippen LogP contribution in [0.15, 0.2) is 24.3 Å². The first kappa shape index (κ1) is 18.9. The van der Waals surface area contributed by atoms with Crippen LogP contribution in [0.2, 0.25) is 0 Å². The lowest BCUT2D eigenvalue weighted by molar-refractivity contribution is -0.143. The molecule has 0 spiro atoms. The molecule has 2 aliphatic rings. The van der Waals surface area contributed by atoms with Gasteiger partial charge in [0.2, 0.25) is 5.91 Å². The van der Waals surface area contributed by atoms with E-state index in [1.54, 1.807) is 0 Å². The second-order valence-corrected chi connectivity index (χ2v) is 7.08. The Hall–Kier alpha value is -1.92. The van der Waals surface area contributed by atoms with Crippen LogP contribution in [0.4, 0.5) is 5.69 Å². The summed E-state index contributed by atoms with van der Waals surface area (Å²) in [6.45, 7) is 7.45. The molecule has 0 bridgehead atoms. The molecule has 0 radical (unpaired) electrons. The van der Waals surface area contributed by atoms with Crippen LogP contribution in [0.1, 0.15) is 32.3 Å². The average Bonchev–Trinajstić information content (AvgIpc) is 3.22. The van der Waals surface area contributed by atoms with E-state index < -0.39 is 0 Å². The van der Waals surface area contributed by atoms with Crippen LogP contribution in [-0.2, 0) is 20.7 Å². The molecule has 0 saturated carbocycles. The molecule has 0 aromatic heterocycles. The number of amides is 2. The predicted octanol–water partition coefficient (Wildman–Crippen LogP) is 1.90. The molecular formula is C20H29N3O3. The Morgan fingerprint density at radius 1 is 1.19 bits per heavy atom. The second-order valence-electron chi connectivity index (χ2n) is 7.08. The predicted molar refractivity (Wildman–Crippen MR) is 101 cm³/mol. The molecule has 2 fully saturated rings. The SMILES string of the molecule is CCc1ccc(NC(=O)[C@H](C)N2CCN(C(=O)[C@@H]3CCCO3)CC2)cc1. The molecule has 26 heavy (non-hydrogen) atoms. The third-order valence-corrected chi connectivity index (χ3v) is 5.39. The fraction of sp³-hybridized carbons (Fsp3) is 0.600. The maximum atomic E-state index is 12.5. The quantitative estimate of drug-likeness (QED) is 0.872. The molecule has 6 heteroatoms. The Labute approximate surface area is 155 Å². The number of nitrogens with zero attached hydrogens (tertiary/aromatic N) is 2. The van der Waals surface area contributed by atoms with Gasteiger partial charge in [0.15, 0.2) is 0 Å². The van der Waals surface area contributed by atoms with Gasteiger partial charge in [-0.15, -0.1) is 0 Å². The molecule has 2 amide bonds. The summed E-state index contributed by atoms with van der Waals surface area (Å²) in [7, 11) is 0. The lowest BCUT2D eigenvalue weighted by atomic mass is 10.1. The third-order valence-electron chi connectivity index (χ3n) is 5.39. The normalized spacial score (nSPS) is 22.2. The minimum absolute atomic E-state index is 0.00634. The smallest absolute Gasteiger partial charge is 0.251 e. The van der Waals surface area contributed by atoms with E-state index in [-0.39, 0.29) is 24.0 Å². The van der Waals surface area contributed by atoms with E-state index >= 15 is 0 Å². The molecule has 2 heterocycles. The van der Waals surface area contributed by atoms with Gasteiger partial charge in [-0.05, 0) is 43.9 Å². The van der Waals surface area contributed by atoms with E-state index in [9.17, 15) is 9.59 Å². The highest BCUT2D eigenvalue weighted by molar-refractivity contribution is 5.94. The van der Waals surface area contributed by atoms with Crippen molar-refractivity contribution in [2.45, 2.75) is 45.3 Å². The number of carbonyl (C=O) groups is 2. The first-order valence-corrected chi connectivity index (χ1v) is 9.62. The van der Waals surface area contributed by atoms with Crippen LogP contribution < -0.4 is 5.32 Å². The monoisotopic (exact) mass is 359 g/mol. The molecule has 1 aromatic rings. The van der Waals surface area contributed by atoms with Gasteiger partial charge < -0.3 is 15.0 Å². The Morgan fingerprint density at radius 3 is 2.46 bits per heavy atom. The molecule has 3 rings (SSSR count). The molecular weight excluding hydrogens is 330 g/mol. The van der Waals surface area contributed by atoms with E-state index in [2.05, 4.69) is 17.1 Å². The standard InChI is InChI=1S/C20H29N3O3/c1-3-16-6-8-17(9-7-16)21-19(24)15(2)22-10-12-23(13-11-22)20(25)18-5-4-14-26-18/h6-9,15,18H,3-5,10-14H2,1-2H3,(H,21,24)/t15-,18-/m0/s1. The van der Waals surface area contributed by atoms with Crippen LogP contribution in [0.25, 0.3) is 0 Å². The third kappa shape index (κ3) is 4.43. The van der Waals surface area contributed by atoms with Gasteiger partial charge in [-0.1, -0.05) is 19.1 Å². The number of aryl methyl sites for hydroxylation is 1. The first-order valence-electron chi connectivity index (χ1n) is 9.62. The van der Waals surface area contributed by atoms with Gasteiger partial charge in [-0.2, -0.15) is 0 Å². The molecule has 1 N–H and O–H groups in total. The van der Waals surface area contributed by atoms with Gasteiger partial charge >= 0.3 is 0 Å². The Kier molecular flexibility index (Phi) is 6.27. The minimum Gasteiger partial charge on any atom is -0.368 e. The zero-order valence-electron chi connectivity index (χ0n) is 15.7. The summed E-state index contributed by atoms with van der Waals surface area (Å²) in [6, 6.07) is 7.75. The van der Waals surface area contributed by atoms with Crippen molar-refractivity contribution in [3.8, 4) is 0 Å². The fourth-order valence-corrected chi connectivity index (χ4v) is 3.54. The summed E-state index contributed by atoms with van der Waals surface area (Å²) in [5.41, 5.74) is 2.08. The topological polar surface area (TPSA) is 61.9 Å². The van der Waals surface area contributed by atoms with Gasteiger partial charge in [0.05, 0.1) is 6.04 Å². The van der Waals surface area contributed by atoms with E-state index in [4.69, 9.17) is 4.74 Å². The lowest BCUT2D eigenvalue weighted by Crippen LogP contribution is -2.55. The number of rotatable bonds is 5. The van der Waals surface area contributed by atoms with E-state index in [1.165, 1.54) is 5.56 Å². The Balaban J connectivity index is 1.48. The summed E-state index contributed by atoms with van der Waals surface area (Å²) < 4.78 is 5.49. The van der Waals surface area contributed by atoms with E-state index in [0.29, 0.717) is 32.8 Å². The van der Waals surface area contributed by atoms with Crippen LogP contribution in [0.5, 0.6) is 0 Å². The number of benzene rings is 1. The number of anilines is 1. The molecule has 0 unspecified atom stereocenters. The van der Waals surface area contributed by atoms with Crippen molar-refractivity contribution in [1.82, 2.24) is 9.80 Å². The highest BCUT2D eigenvalue weighted by Crippen LogP contribution is 2.17. The lowest BCUT2D eigenvalue weighted by Gasteiger charge is -2.38. The number of carbonyl (C=O) groups excluding carboxylic acids is 2. The van der Waals surface area contributed by atoms with Gasteiger partial charge in [-0.25, -0.2) is 0 Å². The van der Waals surface area contributed by atoms with E-state index in [1.807, 2.05) is 36.1 Å². The van der Waals surface area contributed by atoms with Crippen molar-refractivity contribution in [2.24, 2.45) is 0 Å². The van der Waals surface area contributed by atoms with Crippen molar-refractivity contribution >= 4 is 17.5 Å². The van der Waals surface area contributed by atoms with Gasteiger partial charge in [0.1, 0.15) is 6.10 Å². The molecule has 0 aliphatic carbocycles. The van der Waals surface area contributed by atoms with Gasteiger partial charge in [0, 0.05) is 38.5 Å². The molecule has 2 saturated heterocycles. The number of hydrogen-bond acceptors (Lipinski definition) is 4. The zero-order chi connectivity index (χ0) is 18.5. The summed E-state index contributed by atoms with van der Waals surface area (Å²) >= 11 is 0. The van der Waals surface area contributed by atoms with Crippen molar-refractivity contribution in [2.75, 3.05) is 38.1 Å². The summed E-state index contributed by atoms with van der Waals surface area (Å²) in [4.78, 5) is 29.0. The summed E-state index contributed by atoms with van der Waals surface area (Å²) in [6.07, 6.45) is 2.52. The number of ether oxygens (including phenoxy) is 1. The van der Waals surface area contributed by atoms with Crippen molar-refractivity contribution < 1.29 is 14.3 Å². The largest absolute Gasteiger partial charge is 0.368 e. The maximum Gasteiger partial charge on any atom is 0.251 e. The summed E-state index contributed by atoms with van der Waals surface area (Å²) in [5.74, 6) is 0.100. The molecule has 142 valence electrons. The van der Waals surface area contributed by atoms with Crippen molar-refractivity contribution in [3.05, 3.63) is 29.8 Å². The number of hydrogen-bond donors (Lipinski definition) is 1. The summed E-state index contributed by atoms with van der Waals surface area (Å²) in [5, 5.41) is 2.99. The number of piperazine rings is 1. The average molecular weight is 359 g/mol. The first-order chi connectivity index (χ1) is 12.6.